The zero-order chi connectivity index (χ0) is 20.4. The Labute approximate surface area is 171 Å². The lowest BCUT2D eigenvalue weighted by molar-refractivity contribution is 0.0735. The minimum Gasteiger partial charge on any atom is -0.423 e. The zero-order valence-corrected chi connectivity index (χ0v) is 16.8. The predicted octanol–water partition coefficient (Wildman–Crippen LogP) is 6.55. The maximum absolute atomic E-state index is 13.2. The van der Waals surface area contributed by atoms with E-state index in [2.05, 4.69) is 19.9 Å². The maximum Gasteiger partial charge on any atom is 0.344 e. The van der Waals surface area contributed by atoms with Gasteiger partial charge in [-0.15, -0.1) is 0 Å². The fraction of sp³-hybridized carbons (Fsp3) is 0.154. The highest BCUT2D eigenvalue weighted by atomic mass is 16.5. The van der Waals surface area contributed by atoms with E-state index in [1.165, 1.54) is 0 Å². The topological polar surface area (TPSA) is 39.2 Å². The highest BCUT2D eigenvalue weighted by Gasteiger charge is 2.18. The van der Waals surface area contributed by atoms with Gasteiger partial charge in [-0.25, -0.2) is 9.78 Å². The average molecular weight is 381 g/mol. The van der Waals surface area contributed by atoms with Crippen LogP contribution in [0.15, 0.2) is 78.9 Å². The Bertz CT molecular complexity index is 1180. The summed E-state index contributed by atoms with van der Waals surface area (Å²) in [6, 6.07) is 25.3. The van der Waals surface area contributed by atoms with Crippen molar-refractivity contribution in [2.75, 3.05) is 0 Å². The lowest BCUT2D eigenvalue weighted by Gasteiger charge is -2.15. The minimum atomic E-state index is -0.369. The van der Waals surface area contributed by atoms with E-state index in [1.807, 2.05) is 79.7 Å². The molecule has 3 aromatic carbocycles. The molecule has 1 aromatic heterocycles. The summed E-state index contributed by atoms with van der Waals surface area (Å²) in [4.78, 5) is 18.0. The molecule has 0 amide bonds. The van der Waals surface area contributed by atoms with Gasteiger partial charge in [-0.1, -0.05) is 80.1 Å². The van der Waals surface area contributed by atoms with E-state index >= 15 is 0 Å². The Kier molecular flexibility index (Phi) is 5.13. The fourth-order valence-electron chi connectivity index (χ4n) is 3.47. The van der Waals surface area contributed by atoms with Gasteiger partial charge in [0.2, 0.25) is 0 Å². The zero-order valence-electron chi connectivity index (χ0n) is 16.8. The number of nitrogens with zero attached hydrogens (tertiary/aromatic N) is 1. The molecule has 0 atom stereocenters. The largest absolute Gasteiger partial charge is 0.423 e. The van der Waals surface area contributed by atoms with Crippen molar-refractivity contribution in [1.82, 2.24) is 4.98 Å². The van der Waals surface area contributed by atoms with Crippen LogP contribution in [0.1, 0.15) is 41.3 Å². The standard InChI is InChI=1S/C26H23NO2/c1-17(2)21-15-18(3)13-14-25(21)29-26(28)22-16-24(19-9-5-4-6-10-19)27-23-12-8-7-11-20(22)23/h4-17H,1-3H3. The third-order valence-corrected chi connectivity index (χ3v) is 5.00. The third kappa shape index (κ3) is 3.90. The van der Waals surface area contributed by atoms with Crippen LogP contribution in [0.25, 0.3) is 22.2 Å². The average Bonchev–Trinajstić information content (AvgIpc) is 2.74. The number of rotatable bonds is 4. The fourth-order valence-corrected chi connectivity index (χ4v) is 3.47. The van der Waals surface area contributed by atoms with Crippen LogP contribution in [0.5, 0.6) is 5.75 Å². The van der Waals surface area contributed by atoms with Crippen LogP contribution in [0.4, 0.5) is 0 Å². The summed E-state index contributed by atoms with van der Waals surface area (Å²) in [5.41, 5.74) is 5.18. The molecule has 0 radical (unpaired) electrons. The van der Waals surface area contributed by atoms with Gasteiger partial charge in [-0.3, -0.25) is 0 Å². The van der Waals surface area contributed by atoms with Gasteiger partial charge >= 0.3 is 5.97 Å². The molecule has 4 rings (SSSR count). The number of hydrogen-bond acceptors (Lipinski definition) is 3. The Balaban J connectivity index is 1.80. The van der Waals surface area contributed by atoms with Gasteiger partial charge < -0.3 is 4.74 Å². The minimum absolute atomic E-state index is 0.256. The second-order valence-corrected chi connectivity index (χ2v) is 7.52. The van der Waals surface area contributed by atoms with Crippen LogP contribution in [-0.2, 0) is 0 Å². The van der Waals surface area contributed by atoms with E-state index < -0.39 is 0 Å². The van der Waals surface area contributed by atoms with Crippen molar-refractivity contribution in [1.29, 1.82) is 0 Å². The summed E-state index contributed by atoms with van der Waals surface area (Å²) in [5.74, 6) is 0.496. The molecule has 0 N–H and O–H groups in total. The molecule has 1 heterocycles. The molecule has 3 heteroatoms. The summed E-state index contributed by atoms with van der Waals surface area (Å²) < 4.78 is 5.88. The van der Waals surface area contributed by atoms with Crippen molar-refractivity contribution in [3.8, 4) is 17.0 Å². The number of ether oxygens (including phenoxy) is 1. The van der Waals surface area contributed by atoms with Gasteiger partial charge in [-0.2, -0.15) is 0 Å². The predicted molar refractivity (Wildman–Crippen MR) is 117 cm³/mol. The van der Waals surface area contributed by atoms with Crippen molar-refractivity contribution in [3.63, 3.8) is 0 Å². The number of aryl methyl sites for hydroxylation is 1. The molecule has 0 spiro atoms. The SMILES string of the molecule is Cc1ccc(OC(=O)c2cc(-c3ccccc3)nc3ccccc23)c(C(C)C)c1. The molecule has 0 bridgehead atoms. The first-order chi connectivity index (χ1) is 14.0. The first kappa shape index (κ1) is 18.9. The van der Waals surface area contributed by atoms with Crippen molar-refractivity contribution < 1.29 is 9.53 Å². The van der Waals surface area contributed by atoms with E-state index in [4.69, 9.17) is 9.72 Å². The molecule has 0 fully saturated rings. The maximum atomic E-state index is 13.2. The summed E-state index contributed by atoms with van der Waals surface area (Å²) in [7, 11) is 0. The van der Waals surface area contributed by atoms with Gasteiger partial charge in [0.05, 0.1) is 16.8 Å². The van der Waals surface area contributed by atoms with Gasteiger partial charge in [0.1, 0.15) is 5.75 Å². The summed E-state index contributed by atoms with van der Waals surface area (Å²) in [5, 5.41) is 0.787. The highest BCUT2D eigenvalue weighted by Crippen LogP contribution is 2.30. The molecule has 0 aliphatic rings. The molecular weight excluding hydrogens is 358 g/mol. The molecule has 144 valence electrons. The second kappa shape index (κ2) is 7.88. The molecule has 3 nitrogen and oxygen atoms in total. The van der Waals surface area contributed by atoms with Crippen molar-refractivity contribution >= 4 is 16.9 Å². The van der Waals surface area contributed by atoms with Crippen molar-refractivity contribution in [2.45, 2.75) is 26.7 Å². The Morgan fingerprint density at radius 3 is 2.38 bits per heavy atom. The van der Waals surface area contributed by atoms with Gasteiger partial charge in [0.15, 0.2) is 0 Å². The molecular formula is C26H23NO2. The molecule has 29 heavy (non-hydrogen) atoms. The summed E-state index contributed by atoms with van der Waals surface area (Å²) in [6.45, 7) is 6.24. The number of carbonyl (C=O) groups is 1. The van der Waals surface area contributed by atoms with Crippen LogP contribution >= 0.6 is 0 Å². The van der Waals surface area contributed by atoms with E-state index in [1.54, 1.807) is 0 Å². The molecule has 4 aromatic rings. The van der Waals surface area contributed by atoms with Crippen molar-refractivity contribution in [2.24, 2.45) is 0 Å². The lowest BCUT2D eigenvalue weighted by Crippen LogP contribution is -2.12. The van der Waals surface area contributed by atoms with Crippen LogP contribution in [0.2, 0.25) is 0 Å². The van der Waals surface area contributed by atoms with Crippen LogP contribution in [-0.4, -0.2) is 11.0 Å². The second-order valence-electron chi connectivity index (χ2n) is 7.52. The van der Waals surface area contributed by atoms with Crippen LogP contribution < -0.4 is 4.74 Å². The summed E-state index contributed by atoms with van der Waals surface area (Å²) in [6.07, 6.45) is 0. The smallest absolute Gasteiger partial charge is 0.344 e. The van der Waals surface area contributed by atoms with Gasteiger partial charge in [0, 0.05) is 10.9 Å². The Hall–Kier alpha value is -3.46. The van der Waals surface area contributed by atoms with Crippen LogP contribution in [0, 0.1) is 6.92 Å². The number of carbonyl (C=O) groups excluding carboxylic acids is 1. The molecule has 0 saturated carbocycles. The molecule has 0 aliphatic heterocycles. The number of pyridine rings is 1. The van der Waals surface area contributed by atoms with E-state index in [9.17, 15) is 4.79 Å². The quantitative estimate of drug-likeness (QED) is 0.297. The van der Waals surface area contributed by atoms with E-state index in [0.717, 1.165) is 33.3 Å². The third-order valence-electron chi connectivity index (χ3n) is 5.00. The first-order valence-corrected chi connectivity index (χ1v) is 9.81. The van der Waals surface area contributed by atoms with E-state index in [-0.39, 0.29) is 11.9 Å². The number of benzene rings is 3. The van der Waals surface area contributed by atoms with E-state index in [0.29, 0.717) is 11.3 Å². The number of hydrogen-bond donors (Lipinski definition) is 0. The highest BCUT2D eigenvalue weighted by molar-refractivity contribution is 6.05. The molecule has 0 aliphatic carbocycles. The molecule has 0 unspecified atom stereocenters. The normalized spacial score (nSPS) is 11.0. The Morgan fingerprint density at radius 2 is 1.62 bits per heavy atom. The Morgan fingerprint density at radius 1 is 0.897 bits per heavy atom. The number of fused-ring (bicyclic) bond motifs is 1. The number of aromatic nitrogens is 1. The van der Waals surface area contributed by atoms with Crippen molar-refractivity contribution in [3.05, 3.63) is 95.6 Å². The van der Waals surface area contributed by atoms with Gasteiger partial charge in [-0.05, 0) is 36.6 Å². The summed E-state index contributed by atoms with van der Waals surface area (Å²) >= 11 is 0. The number of esters is 1. The molecule has 0 saturated heterocycles. The number of para-hydroxylation sites is 1. The monoisotopic (exact) mass is 381 g/mol. The van der Waals surface area contributed by atoms with Crippen LogP contribution in [0.3, 0.4) is 0 Å². The van der Waals surface area contributed by atoms with Gasteiger partial charge in [0.25, 0.3) is 0 Å². The lowest BCUT2D eigenvalue weighted by atomic mass is 10.00. The first-order valence-electron chi connectivity index (χ1n) is 9.81.